The maximum Gasteiger partial charge on any atom is 0.213 e. The number of amidine groups is 1. The minimum Gasteiger partial charge on any atom is -0.469 e. The molecule has 1 aromatic carbocycles. The van der Waals surface area contributed by atoms with Gasteiger partial charge in [0.25, 0.3) is 0 Å². The lowest BCUT2D eigenvalue weighted by Gasteiger charge is -2.06. The number of hydrazone groups is 1. The molecular weight excluding hydrogens is 313 g/mol. The molecule has 0 aliphatic heterocycles. The molecule has 7 nitrogen and oxygen atoms in total. The second kappa shape index (κ2) is 8.47. The first-order valence-corrected chi connectivity index (χ1v) is 7.11. The summed E-state index contributed by atoms with van der Waals surface area (Å²) in [5.74, 6) is 5.29. The Labute approximate surface area is 138 Å². The predicted molar refractivity (Wildman–Crippen MR) is 88.9 cm³/mol. The van der Waals surface area contributed by atoms with Gasteiger partial charge in [-0.1, -0.05) is 17.3 Å². The number of ether oxygens (including phenoxy) is 1. The summed E-state index contributed by atoms with van der Waals surface area (Å²) in [6.07, 6.45) is 1.60. The Balaban J connectivity index is 1.89. The van der Waals surface area contributed by atoms with E-state index in [1.54, 1.807) is 37.4 Å². The fourth-order valence-electron chi connectivity index (χ4n) is 1.70. The van der Waals surface area contributed by atoms with Crippen molar-refractivity contribution in [1.29, 1.82) is 0 Å². The first-order chi connectivity index (χ1) is 11.6. The third-order valence-electron chi connectivity index (χ3n) is 3.03. The molecule has 4 N–H and O–H groups in total. The SMILES string of the molecule is C/C(=N\OCc1ccc(F)cc1)c1ccc(OC/C(N)=N/N)nc1. The zero-order valence-corrected chi connectivity index (χ0v) is 13.1. The summed E-state index contributed by atoms with van der Waals surface area (Å²) in [5.41, 5.74) is 7.69. The highest BCUT2D eigenvalue weighted by Gasteiger charge is 2.02. The van der Waals surface area contributed by atoms with Gasteiger partial charge in [0.15, 0.2) is 5.84 Å². The summed E-state index contributed by atoms with van der Waals surface area (Å²) in [6.45, 7) is 2.11. The number of hydrogen-bond donors (Lipinski definition) is 2. The van der Waals surface area contributed by atoms with Crippen LogP contribution in [0.5, 0.6) is 5.88 Å². The van der Waals surface area contributed by atoms with E-state index < -0.39 is 0 Å². The third kappa shape index (κ3) is 5.24. The molecule has 8 heteroatoms. The van der Waals surface area contributed by atoms with Crippen molar-refractivity contribution < 1.29 is 14.0 Å². The van der Waals surface area contributed by atoms with Crippen LogP contribution in [0.1, 0.15) is 18.1 Å². The van der Waals surface area contributed by atoms with Crippen LogP contribution < -0.4 is 16.3 Å². The van der Waals surface area contributed by atoms with Crippen LogP contribution in [0, 0.1) is 5.82 Å². The highest BCUT2D eigenvalue weighted by molar-refractivity contribution is 5.98. The Morgan fingerprint density at radius 3 is 2.58 bits per heavy atom. The van der Waals surface area contributed by atoms with E-state index in [0.29, 0.717) is 11.6 Å². The lowest BCUT2D eigenvalue weighted by molar-refractivity contribution is 0.130. The monoisotopic (exact) mass is 331 g/mol. The first-order valence-electron chi connectivity index (χ1n) is 7.11. The van der Waals surface area contributed by atoms with Gasteiger partial charge in [-0.3, -0.25) is 0 Å². The van der Waals surface area contributed by atoms with Crippen molar-refractivity contribution in [3.8, 4) is 5.88 Å². The number of hydrogen-bond acceptors (Lipinski definition) is 6. The lowest BCUT2D eigenvalue weighted by Crippen LogP contribution is -2.22. The van der Waals surface area contributed by atoms with Crippen LogP contribution in [0.4, 0.5) is 4.39 Å². The van der Waals surface area contributed by atoms with Crippen LogP contribution >= 0.6 is 0 Å². The van der Waals surface area contributed by atoms with Crippen molar-refractivity contribution in [3.63, 3.8) is 0 Å². The lowest BCUT2D eigenvalue weighted by atomic mass is 10.2. The Morgan fingerprint density at radius 1 is 1.21 bits per heavy atom. The fourth-order valence-corrected chi connectivity index (χ4v) is 1.70. The minimum atomic E-state index is -0.286. The van der Waals surface area contributed by atoms with Gasteiger partial charge in [0.1, 0.15) is 19.0 Å². The molecule has 0 aliphatic carbocycles. The molecule has 0 fully saturated rings. The molecule has 0 bridgehead atoms. The highest BCUT2D eigenvalue weighted by atomic mass is 19.1. The van der Waals surface area contributed by atoms with E-state index in [-0.39, 0.29) is 24.9 Å². The molecule has 0 saturated carbocycles. The number of benzene rings is 1. The largest absolute Gasteiger partial charge is 0.469 e. The average Bonchev–Trinajstić information content (AvgIpc) is 2.61. The molecule has 1 heterocycles. The summed E-state index contributed by atoms with van der Waals surface area (Å²) in [5, 5.41) is 7.31. The first kappa shape index (κ1) is 17.2. The van der Waals surface area contributed by atoms with Gasteiger partial charge in [0.2, 0.25) is 5.88 Å². The van der Waals surface area contributed by atoms with Crippen LogP contribution in [0.2, 0.25) is 0 Å². The number of pyridine rings is 1. The molecule has 2 aromatic rings. The van der Waals surface area contributed by atoms with E-state index in [1.807, 2.05) is 0 Å². The van der Waals surface area contributed by atoms with E-state index in [2.05, 4.69) is 15.2 Å². The van der Waals surface area contributed by atoms with Gasteiger partial charge < -0.3 is 21.2 Å². The van der Waals surface area contributed by atoms with Crippen molar-refractivity contribution in [2.24, 2.45) is 21.8 Å². The Hall–Kier alpha value is -3.16. The molecule has 24 heavy (non-hydrogen) atoms. The summed E-state index contributed by atoms with van der Waals surface area (Å²) in [7, 11) is 0. The molecule has 0 radical (unpaired) electrons. The van der Waals surface area contributed by atoms with Crippen LogP contribution in [0.3, 0.4) is 0 Å². The normalized spacial score (nSPS) is 12.1. The van der Waals surface area contributed by atoms with E-state index >= 15 is 0 Å². The van der Waals surface area contributed by atoms with Crippen molar-refractivity contribution in [2.45, 2.75) is 13.5 Å². The van der Waals surface area contributed by atoms with E-state index in [0.717, 1.165) is 11.1 Å². The number of rotatable bonds is 7. The molecule has 0 atom stereocenters. The molecule has 0 amide bonds. The van der Waals surface area contributed by atoms with Crippen LogP contribution in [-0.2, 0) is 11.4 Å². The topological polar surface area (TPSA) is 108 Å². The number of nitrogens with two attached hydrogens (primary N) is 2. The van der Waals surface area contributed by atoms with Gasteiger partial charge in [-0.05, 0) is 30.7 Å². The fraction of sp³-hybridized carbons (Fsp3) is 0.188. The van der Waals surface area contributed by atoms with Gasteiger partial charge in [0.05, 0.1) is 5.71 Å². The maximum absolute atomic E-state index is 12.8. The van der Waals surface area contributed by atoms with Crippen molar-refractivity contribution >= 4 is 11.5 Å². The molecule has 0 unspecified atom stereocenters. The van der Waals surface area contributed by atoms with Gasteiger partial charge in [-0.25, -0.2) is 9.37 Å². The minimum absolute atomic E-state index is 0.0662. The second-order valence-electron chi connectivity index (χ2n) is 4.87. The molecule has 0 aliphatic rings. The zero-order chi connectivity index (χ0) is 17.4. The van der Waals surface area contributed by atoms with Gasteiger partial charge in [-0.15, -0.1) is 0 Å². The van der Waals surface area contributed by atoms with Crippen LogP contribution in [0.15, 0.2) is 52.9 Å². The Bertz CT molecular complexity index is 714. The van der Waals surface area contributed by atoms with E-state index in [4.69, 9.17) is 21.2 Å². The maximum atomic E-state index is 12.8. The predicted octanol–water partition coefficient (Wildman–Crippen LogP) is 1.77. The second-order valence-corrected chi connectivity index (χ2v) is 4.87. The van der Waals surface area contributed by atoms with Gasteiger partial charge >= 0.3 is 0 Å². The Morgan fingerprint density at radius 2 is 1.96 bits per heavy atom. The average molecular weight is 331 g/mol. The number of aromatic nitrogens is 1. The highest BCUT2D eigenvalue weighted by Crippen LogP contribution is 2.09. The zero-order valence-electron chi connectivity index (χ0n) is 13.1. The van der Waals surface area contributed by atoms with Crippen molar-refractivity contribution in [2.75, 3.05) is 6.61 Å². The summed E-state index contributed by atoms with van der Waals surface area (Å²) < 4.78 is 18.1. The van der Waals surface area contributed by atoms with Crippen molar-refractivity contribution in [3.05, 3.63) is 59.5 Å². The van der Waals surface area contributed by atoms with Crippen LogP contribution in [0.25, 0.3) is 0 Å². The standard InChI is InChI=1S/C16H18FN5O2/c1-11(22-24-9-12-2-5-14(17)6-3-12)13-4-7-16(20-8-13)23-10-15(18)21-19/h2-8H,9-10,19H2,1H3,(H2,18,21)/b22-11+. The van der Waals surface area contributed by atoms with E-state index in [9.17, 15) is 4.39 Å². The van der Waals surface area contributed by atoms with Crippen LogP contribution in [-0.4, -0.2) is 23.1 Å². The summed E-state index contributed by atoms with van der Waals surface area (Å²) >= 11 is 0. The number of halogens is 1. The molecule has 2 rings (SSSR count). The quantitative estimate of drug-likeness (QED) is 0.348. The summed E-state index contributed by atoms with van der Waals surface area (Å²) in [4.78, 5) is 9.39. The molecule has 1 aromatic heterocycles. The molecule has 0 saturated heterocycles. The molecule has 126 valence electrons. The number of oxime groups is 1. The Kier molecular flexibility index (Phi) is 6.07. The van der Waals surface area contributed by atoms with Gasteiger partial charge in [-0.2, -0.15) is 5.10 Å². The smallest absolute Gasteiger partial charge is 0.213 e. The molecule has 0 spiro atoms. The molecular formula is C16H18FN5O2. The third-order valence-corrected chi connectivity index (χ3v) is 3.03. The number of nitrogens with zero attached hydrogens (tertiary/aromatic N) is 3. The van der Waals surface area contributed by atoms with E-state index in [1.165, 1.54) is 12.1 Å². The summed E-state index contributed by atoms with van der Waals surface area (Å²) in [6, 6.07) is 9.50. The van der Waals surface area contributed by atoms with Gasteiger partial charge in [0, 0.05) is 17.8 Å². The van der Waals surface area contributed by atoms with Crippen molar-refractivity contribution in [1.82, 2.24) is 4.98 Å².